The second-order valence-corrected chi connectivity index (χ2v) is 7.63. The fourth-order valence-corrected chi connectivity index (χ4v) is 3.39. The molecule has 5 nitrogen and oxygen atoms in total. The molecule has 0 heterocycles. The van der Waals surface area contributed by atoms with Crippen molar-refractivity contribution >= 4 is 11.8 Å². The molecule has 1 unspecified atom stereocenters. The lowest BCUT2D eigenvalue weighted by Crippen LogP contribution is -2.50. The maximum absolute atomic E-state index is 13.2. The van der Waals surface area contributed by atoms with Crippen LogP contribution in [-0.2, 0) is 16.1 Å². The number of unbranched alkanes of at least 4 members (excludes halogenated alkanes) is 1. The van der Waals surface area contributed by atoms with Crippen molar-refractivity contribution in [3.05, 3.63) is 65.2 Å². The van der Waals surface area contributed by atoms with Crippen LogP contribution in [0, 0.1) is 13.8 Å². The second-order valence-electron chi connectivity index (χ2n) is 7.63. The van der Waals surface area contributed by atoms with Crippen LogP contribution in [0.3, 0.4) is 0 Å². The fourth-order valence-electron chi connectivity index (χ4n) is 3.39. The molecule has 0 aliphatic heterocycles. The van der Waals surface area contributed by atoms with Crippen molar-refractivity contribution in [2.24, 2.45) is 0 Å². The van der Waals surface area contributed by atoms with Crippen LogP contribution >= 0.6 is 0 Å². The Hall–Kier alpha value is -2.82. The summed E-state index contributed by atoms with van der Waals surface area (Å²) in [6, 6.07) is 15.1. The molecule has 0 aromatic heterocycles. The third-order valence-electron chi connectivity index (χ3n) is 5.09. The first-order valence-electron chi connectivity index (χ1n) is 10.8. The van der Waals surface area contributed by atoms with Gasteiger partial charge in [0.1, 0.15) is 11.8 Å². The molecule has 162 valence electrons. The van der Waals surface area contributed by atoms with Crippen LogP contribution in [0.2, 0.25) is 0 Å². The Morgan fingerprint density at radius 2 is 1.80 bits per heavy atom. The van der Waals surface area contributed by atoms with E-state index in [0.717, 1.165) is 29.5 Å². The van der Waals surface area contributed by atoms with E-state index in [2.05, 4.69) is 12.2 Å². The van der Waals surface area contributed by atoms with Crippen LogP contribution in [-0.4, -0.2) is 35.9 Å². The van der Waals surface area contributed by atoms with Gasteiger partial charge in [-0.05, 0) is 43.9 Å². The minimum absolute atomic E-state index is 0.102. The molecule has 1 N–H and O–H groups in total. The van der Waals surface area contributed by atoms with E-state index in [9.17, 15) is 9.59 Å². The van der Waals surface area contributed by atoms with Crippen molar-refractivity contribution in [1.82, 2.24) is 10.2 Å². The molecule has 2 amide bonds. The third kappa shape index (κ3) is 6.90. The molecule has 2 aromatic carbocycles. The molecule has 0 aliphatic rings. The minimum atomic E-state index is -0.530. The molecule has 0 radical (unpaired) electrons. The highest BCUT2D eigenvalue weighted by Gasteiger charge is 2.28. The van der Waals surface area contributed by atoms with Crippen LogP contribution in [0.4, 0.5) is 0 Å². The maximum atomic E-state index is 13.2. The SMILES string of the molecule is CCCCNC(=O)C(CC)N(Cc1ccccc1)C(=O)COc1ccc(C)cc1C. The first kappa shape index (κ1) is 23.5. The Bertz CT molecular complexity index is 820. The summed E-state index contributed by atoms with van der Waals surface area (Å²) in [5, 5.41) is 2.97. The van der Waals surface area contributed by atoms with Gasteiger partial charge in [0.25, 0.3) is 5.91 Å². The zero-order valence-electron chi connectivity index (χ0n) is 18.6. The number of hydrogen-bond acceptors (Lipinski definition) is 3. The highest BCUT2D eigenvalue weighted by molar-refractivity contribution is 5.88. The van der Waals surface area contributed by atoms with Gasteiger partial charge in [-0.15, -0.1) is 0 Å². The van der Waals surface area contributed by atoms with E-state index >= 15 is 0 Å². The summed E-state index contributed by atoms with van der Waals surface area (Å²) in [6.07, 6.45) is 2.47. The molecule has 30 heavy (non-hydrogen) atoms. The van der Waals surface area contributed by atoms with Gasteiger partial charge < -0.3 is 15.0 Å². The zero-order valence-corrected chi connectivity index (χ0v) is 18.6. The molecule has 1 atom stereocenters. The van der Waals surface area contributed by atoms with Gasteiger partial charge in [-0.25, -0.2) is 0 Å². The predicted octanol–water partition coefficient (Wildman–Crippen LogP) is 4.41. The number of carbonyl (C=O) groups excluding carboxylic acids is 2. The number of carbonyl (C=O) groups is 2. The molecular formula is C25H34N2O3. The Balaban J connectivity index is 2.16. The van der Waals surface area contributed by atoms with Gasteiger partial charge in [0.2, 0.25) is 5.91 Å². The van der Waals surface area contributed by atoms with Crippen molar-refractivity contribution in [3.8, 4) is 5.75 Å². The van der Waals surface area contributed by atoms with E-state index in [-0.39, 0.29) is 18.4 Å². The number of hydrogen-bond donors (Lipinski definition) is 1. The van der Waals surface area contributed by atoms with E-state index in [0.29, 0.717) is 25.3 Å². The molecule has 2 rings (SSSR count). The van der Waals surface area contributed by atoms with Crippen molar-refractivity contribution in [2.45, 2.75) is 59.5 Å². The number of aryl methyl sites for hydroxylation is 2. The van der Waals surface area contributed by atoms with Crippen molar-refractivity contribution < 1.29 is 14.3 Å². The Morgan fingerprint density at radius 3 is 2.43 bits per heavy atom. The topological polar surface area (TPSA) is 58.6 Å². The van der Waals surface area contributed by atoms with Gasteiger partial charge in [-0.2, -0.15) is 0 Å². The number of nitrogens with zero attached hydrogens (tertiary/aromatic N) is 1. The normalized spacial score (nSPS) is 11.6. The average Bonchev–Trinajstić information content (AvgIpc) is 2.73. The van der Waals surface area contributed by atoms with Crippen molar-refractivity contribution in [1.29, 1.82) is 0 Å². The van der Waals surface area contributed by atoms with Gasteiger partial charge in [0.15, 0.2) is 6.61 Å². The average molecular weight is 411 g/mol. The van der Waals surface area contributed by atoms with Crippen LogP contribution < -0.4 is 10.1 Å². The molecule has 0 saturated carbocycles. The molecular weight excluding hydrogens is 376 g/mol. The van der Waals surface area contributed by atoms with Gasteiger partial charge in [-0.1, -0.05) is 68.3 Å². The van der Waals surface area contributed by atoms with E-state index in [4.69, 9.17) is 4.74 Å². The summed E-state index contributed by atoms with van der Waals surface area (Å²) in [7, 11) is 0. The van der Waals surface area contributed by atoms with Gasteiger partial charge in [0, 0.05) is 13.1 Å². The van der Waals surface area contributed by atoms with Crippen LogP contribution in [0.5, 0.6) is 5.75 Å². The number of ether oxygens (including phenoxy) is 1. The summed E-state index contributed by atoms with van der Waals surface area (Å²) in [4.78, 5) is 27.6. The zero-order chi connectivity index (χ0) is 21.9. The molecule has 0 spiro atoms. The quantitative estimate of drug-likeness (QED) is 0.559. The Morgan fingerprint density at radius 1 is 1.07 bits per heavy atom. The smallest absolute Gasteiger partial charge is 0.261 e. The first-order chi connectivity index (χ1) is 14.5. The minimum Gasteiger partial charge on any atom is -0.483 e. The Kier molecular flexibility index (Phi) is 9.39. The number of nitrogens with one attached hydrogen (secondary N) is 1. The summed E-state index contributed by atoms with van der Waals surface area (Å²) in [5.74, 6) is 0.382. The fraction of sp³-hybridized carbons (Fsp3) is 0.440. The summed E-state index contributed by atoms with van der Waals surface area (Å²) < 4.78 is 5.82. The van der Waals surface area contributed by atoms with Gasteiger partial charge >= 0.3 is 0 Å². The first-order valence-corrected chi connectivity index (χ1v) is 10.8. The highest BCUT2D eigenvalue weighted by Crippen LogP contribution is 2.19. The van der Waals surface area contributed by atoms with E-state index in [1.54, 1.807) is 4.90 Å². The van der Waals surface area contributed by atoms with Crippen molar-refractivity contribution in [2.75, 3.05) is 13.2 Å². The molecule has 0 bridgehead atoms. The standard InChI is InChI=1S/C25H34N2O3/c1-5-7-15-26-25(29)22(6-2)27(17-21-11-9-8-10-12-21)24(28)18-30-23-14-13-19(3)16-20(23)4/h8-14,16,22H,5-7,15,17-18H2,1-4H3,(H,26,29). The number of benzene rings is 2. The summed E-state index contributed by atoms with van der Waals surface area (Å²) in [6.45, 7) is 8.89. The Labute approximate surface area is 180 Å². The molecule has 2 aromatic rings. The van der Waals surface area contributed by atoms with Crippen molar-refractivity contribution in [3.63, 3.8) is 0 Å². The lowest BCUT2D eigenvalue weighted by atomic mass is 10.1. The monoisotopic (exact) mass is 410 g/mol. The molecule has 0 aliphatic carbocycles. The van der Waals surface area contributed by atoms with E-state index < -0.39 is 6.04 Å². The highest BCUT2D eigenvalue weighted by atomic mass is 16.5. The predicted molar refractivity (Wildman–Crippen MR) is 120 cm³/mol. The number of amides is 2. The maximum Gasteiger partial charge on any atom is 0.261 e. The largest absolute Gasteiger partial charge is 0.483 e. The van der Waals surface area contributed by atoms with Gasteiger partial charge in [0.05, 0.1) is 0 Å². The van der Waals surface area contributed by atoms with E-state index in [1.807, 2.05) is 69.3 Å². The summed E-state index contributed by atoms with van der Waals surface area (Å²) >= 11 is 0. The van der Waals surface area contributed by atoms with Crippen LogP contribution in [0.15, 0.2) is 48.5 Å². The third-order valence-corrected chi connectivity index (χ3v) is 5.09. The number of rotatable bonds is 11. The molecule has 0 fully saturated rings. The second kappa shape index (κ2) is 12.0. The van der Waals surface area contributed by atoms with Crippen LogP contribution in [0.25, 0.3) is 0 Å². The van der Waals surface area contributed by atoms with E-state index in [1.165, 1.54) is 0 Å². The molecule has 0 saturated heterocycles. The lowest BCUT2D eigenvalue weighted by molar-refractivity contribution is -0.143. The van der Waals surface area contributed by atoms with Crippen LogP contribution in [0.1, 0.15) is 49.8 Å². The molecule has 5 heteroatoms. The summed E-state index contributed by atoms with van der Waals surface area (Å²) in [5.41, 5.74) is 3.12. The van der Waals surface area contributed by atoms with Gasteiger partial charge in [-0.3, -0.25) is 9.59 Å². The lowest BCUT2D eigenvalue weighted by Gasteiger charge is -2.30.